The van der Waals surface area contributed by atoms with Gasteiger partial charge in [-0.15, -0.1) is 0 Å². The number of amides is 2. The molecule has 3 N–H and O–H groups in total. The monoisotopic (exact) mass is 279 g/mol. The van der Waals surface area contributed by atoms with Crippen molar-refractivity contribution in [2.45, 2.75) is 25.3 Å². The van der Waals surface area contributed by atoms with Crippen molar-refractivity contribution < 1.29 is 19.8 Å². The van der Waals surface area contributed by atoms with Crippen molar-refractivity contribution in [1.29, 1.82) is 0 Å². The summed E-state index contributed by atoms with van der Waals surface area (Å²) >= 11 is 0. The van der Waals surface area contributed by atoms with Gasteiger partial charge in [-0.3, -0.25) is 0 Å². The first-order valence-corrected chi connectivity index (χ1v) is 6.49. The Hall–Kier alpha value is -2.15. The van der Waals surface area contributed by atoms with Crippen molar-refractivity contribution in [2.75, 3.05) is 18.5 Å². The highest BCUT2D eigenvalue weighted by Gasteiger charge is 2.26. The van der Waals surface area contributed by atoms with Gasteiger partial charge in [-0.25, -0.2) is 14.6 Å². The van der Waals surface area contributed by atoms with Crippen molar-refractivity contribution in [2.24, 2.45) is 0 Å². The smallest absolute Gasteiger partial charge is 0.354 e. The molecule has 1 aliphatic rings. The minimum absolute atomic E-state index is 0.0520. The fourth-order valence-electron chi connectivity index (χ4n) is 2.25. The molecule has 1 aliphatic heterocycles. The summed E-state index contributed by atoms with van der Waals surface area (Å²) in [7, 11) is 0. The topological polar surface area (TPSA) is 103 Å². The lowest BCUT2D eigenvalue weighted by Crippen LogP contribution is -2.47. The van der Waals surface area contributed by atoms with Crippen molar-refractivity contribution in [1.82, 2.24) is 9.88 Å². The summed E-state index contributed by atoms with van der Waals surface area (Å²) in [5, 5.41) is 20.7. The highest BCUT2D eigenvalue weighted by molar-refractivity contribution is 5.90. The summed E-state index contributed by atoms with van der Waals surface area (Å²) in [5.41, 5.74) is 0.358. The number of nitrogens with zero attached hydrogens (tertiary/aromatic N) is 2. The number of hydrogen-bond donors (Lipinski definition) is 3. The Morgan fingerprint density at radius 1 is 1.40 bits per heavy atom. The first kappa shape index (κ1) is 14.3. The predicted octanol–water partition coefficient (Wildman–Crippen LogP) is 1.16. The molecule has 1 aromatic heterocycles. The molecule has 1 saturated heterocycles. The standard InChI is InChI=1S/C13H17N3O4/c17-8-10-3-1-2-6-16(10)13(20)15-9-4-5-11(12(18)19)14-7-9/h4-5,7,10,17H,1-3,6,8H2,(H,15,20)(H,18,19). The van der Waals surface area contributed by atoms with Crippen LogP contribution in [-0.2, 0) is 0 Å². The first-order valence-electron chi connectivity index (χ1n) is 6.49. The molecule has 0 aliphatic carbocycles. The lowest BCUT2D eigenvalue weighted by atomic mass is 10.0. The minimum atomic E-state index is -1.11. The Morgan fingerprint density at radius 2 is 2.20 bits per heavy atom. The van der Waals surface area contributed by atoms with E-state index < -0.39 is 5.97 Å². The van der Waals surface area contributed by atoms with Crippen molar-refractivity contribution in [3.8, 4) is 0 Å². The summed E-state index contributed by atoms with van der Waals surface area (Å²) in [6.45, 7) is 0.557. The summed E-state index contributed by atoms with van der Waals surface area (Å²) in [6, 6.07) is 2.37. The summed E-state index contributed by atoms with van der Waals surface area (Å²) < 4.78 is 0. The molecule has 0 spiro atoms. The van der Waals surface area contributed by atoms with E-state index in [9.17, 15) is 14.7 Å². The average molecular weight is 279 g/mol. The fourth-order valence-corrected chi connectivity index (χ4v) is 2.25. The largest absolute Gasteiger partial charge is 0.477 e. The van der Waals surface area contributed by atoms with E-state index in [0.717, 1.165) is 19.3 Å². The van der Waals surface area contributed by atoms with Gasteiger partial charge in [-0.1, -0.05) is 0 Å². The number of aliphatic hydroxyl groups is 1. The Bertz CT molecular complexity index is 489. The van der Waals surface area contributed by atoms with E-state index in [1.807, 2.05) is 0 Å². The minimum Gasteiger partial charge on any atom is -0.477 e. The maximum absolute atomic E-state index is 12.1. The van der Waals surface area contributed by atoms with Gasteiger partial charge >= 0.3 is 12.0 Å². The molecule has 0 saturated carbocycles. The Labute approximate surface area is 116 Å². The number of nitrogens with one attached hydrogen (secondary N) is 1. The molecule has 1 unspecified atom stereocenters. The third-order valence-electron chi connectivity index (χ3n) is 3.33. The van der Waals surface area contributed by atoms with Crippen molar-refractivity contribution in [3.63, 3.8) is 0 Å². The number of carboxylic acids is 1. The fraction of sp³-hybridized carbons (Fsp3) is 0.462. The number of carbonyl (C=O) groups is 2. The average Bonchev–Trinajstić information content (AvgIpc) is 2.47. The van der Waals surface area contributed by atoms with Gasteiger partial charge in [0.05, 0.1) is 24.5 Å². The second kappa shape index (κ2) is 6.33. The predicted molar refractivity (Wildman–Crippen MR) is 71.6 cm³/mol. The van der Waals surface area contributed by atoms with Gasteiger partial charge in [0.2, 0.25) is 0 Å². The molecule has 0 radical (unpaired) electrons. The lowest BCUT2D eigenvalue weighted by molar-refractivity contribution is 0.0690. The number of aliphatic hydroxyl groups excluding tert-OH is 1. The summed E-state index contributed by atoms with van der Waals surface area (Å²) in [6.07, 6.45) is 4.02. The van der Waals surface area contributed by atoms with Gasteiger partial charge in [-0.2, -0.15) is 0 Å². The van der Waals surface area contributed by atoms with Crippen LogP contribution in [0.1, 0.15) is 29.8 Å². The van der Waals surface area contributed by atoms with E-state index in [2.05, 4.69) is 10.3 Å². The van der Waals surface area contributed by atoms with E-state index in [0.29, 0.717) is 12.2 Å². The number of hydrogen-bond acceptors (Lipinski definition) is 4. The van der Waals surface area contributed by atoms with E-state index in [4.69, 9.17) is 5.11 Å². The molecule has 0 bridgehead atoms. The van der Waals surface area contributed by atoms with Gasteiger partial charge in [-0.05, 0) is 31.4 Å². The van der Waals surface area contributed by atoms with E-state index in [1.165, 1.54) is 18.3 Å². The molecule has 0 aromatic carbocycles. The van der Waals surface area contributed by atoms with Crippen LogP contribution in [0.15, 0.2) is 18.3 Å². The Balaban J connectivity index is 2.01. The Morgan fingerprint density at radius 3 is 2.80 bits per heavy atom. The third kappa shape index (κ3) is 3.24. The zero-order chi connectivity index (χ0) is 14.5. The second-order valence-corrected chi connectivity index (χ2v) is 4.69. The van der Waals surface area contributed by atoms with Gasteiger partial charge in [0.25, 0.3) is 0 Å². The van der Waals surface area contributed by atoms with Crippen LogP contribution in [0.2, 0.25) is 0 Å². The zero-order valence-electron chi connectivity index (χ0n) is 11.0. The lowest BCUT2D eigenvalue weighted by Gasteiger charge is -2.34. The molecule has 2 heterocycles. The van der Waals surface area contributed by atoms with Gasteiger partial charge in [0.15, 0.2) is 0 Å². The molecule has 2 rings (SSSR count). The van der Waals surface area contributed by atoms with Crippen LogP contribution in [0.25, 0.3) is 0 Å². The SMILES string of the molecule is O=C(O)c1ccc(NC(=O)N2CCCCC2CO)cn1. The molecular weight excluding hydrogens is 262 g/mol. The van der Waals surface area contributed by atoms with Crippen LogP contribution in [0, 0.1) is 0 Å². The molecule has 2 amide bonds. The zero-order valence-corrected chi connectivity index (χ0v) is 11.0. The van der Waals surface area contributed by atoms with Gasteiger partial charge in [0, 0.05) is 6.54 Å². The molecule has 1 fully saturated rings. The van der Waals surface area contributed by atoms with Gasteiger partial charge in [0.1, 0.15) is 5.69 Å². The van der Waals surface area contributed by atoms with E-state index in [-0.39, 0.29) is 24.4 Å². The van der Waals surface area contributed by atoms with Crippen LogP contribution < -0.4 is 5.32 Å². The number of rotatable bonds is 3. The molecule has 7 heteroatoms. The van der Waals surface area contributed by atoms with E-state index >= 15 is 0 Å². The van der Waals surface area contributed by atoms with Gasteiger partial charge < -0.3 is 20.4 Å². The number of piperidine rings is 1. The van der Waals surface area contributed by atoms with E-state index in [1.54, 1.807) is 4.90 Å². The maximum atomic E-state index is 12.1. The summed E-state index contributed by atoms with van der Waals surface area (Å²) in [5.74, 6) is -1.11. The molecular formula is C13H17N3O4. The van der Waals surface area contributed by atoms with Crippen LogP contribution in [0.5, 0.6) is 0 Å². The Kier molecular flexibility index (Phi) is 4.52. The van der Waals surface area contributed by atoms with Crippen LogP contribution in [-0.4, -0.2) is 51.3 Å². The normalized spacial score (nSPS) is 18.6. The molecule has 20 heavy (non-hydrogen) atoms. The molecule has 1 aromatic rings. The first-order chi connectivity index (χ1) is 9.61. The number of carboxylic acid groups (broad SMARTS) is 1. The second-order valence-electron chi connectivity index (χ2n) is 4.69. The molecule has 1 atom stereocenters. The summed E-state index contributed by atoms with van der Waals surface area (Å²) in [4.78, 5) is 28.1. The molecule has 108 valence electrons. The maximum Gasteiger partial charge on any atom is 0.354 e. The number of carbonyl (C=O) groups excluding carboxylic acids is 1. The number of anilines is 1. The number of urea groups is 1. The quantitative estimate of drug-likeness (QED) is 0.770. The van der Waals surface area contributed by atoms with Crippen molar-refractivity contribution in [3.05, 3.63) is 24.0 Å². The highest BCUT2D eigenvalue weighted by Crippen LogP contribution is 2.18. The number of aromatic carboxylic acids is 1. The third-order valence-corrected chi connectivity index (χ3v) is 3.33. The molecule has 7 nitrogen and oxygen atoms in total. The van der Waals surface area contributed by atoms with Crippen LogP contribution >= 0.6 is 0 Å². The number of aromatic nitrogens is 1. The van der Waals surface area contributed by atoms with Crippen LogP contribution in [0.3, 0.4) is 0 Å². The highest BCUT2D eigenvalue weighted by atomic mass is 16.4. The van der Waals surface area contributed by atoms with Crippen molar-refractivity contribution >= 4 is 17.7 Å². The van der Waals surface area contributed by atoms with Crippen LogP contribution in [0.4, 0.5) is 10.5 Å². The number of likely N-dealkylation sites (tertiary alicyclic amines) is 1. The number of pyridine rings is 1.